The van der Waals surface area contributed by atoms with Crippen molar-refractivity contribution < 1.29 is 4.79 Å². The van der Waals surface area contributed by atoms with E-state index in [1.165, 1.54) is 11.3 Å². The number of hydrogen-bond acceptors (Lipinski definition) is 4. The summed E-state index contributed by atoms with van der Waals surface area (Å²) in [5.41, 5.74) is 11.9. The van der Waals surface area contributed by atoms with Crippen LogP contribution in [0.25, 0.3) is 6.08 Å². The van der Waals surface area contributed by atoms with Gasteiger partial charge in [0.25, 0.3) is 5.91 Å². The van der Waals surface area contributed by atoms with Gasteiger partial charge in [-0.3, -0.25) is 9.79 Å². The van der Waals surface area contributed by atoms with E-state index in [1.54, 1.807) is 11.8 Å². The van der Waals surface area contributed by atoms with Gasteiger partial charge in [-0.05, 0) is 68.5 Å². The van der Waals surface area contributed by atoms with Crippen LogP contribution >= 0.6 is 11.8 Å². The summed E-state index contributed by atoms with van der Waals surface area (Å²) in [5.74, 6) is 0.888. The van der Waals surface area contributed by atoms with Gasteiger partial charge in [-0.25, -0.2) is 0 Å². The fourth-order valence-corrected chi connectivity index (χ4v) is 4.69. The number of thioether (sulfide) groups is 1. The number of nitrogens with one attached hydrogen (secondary N) is 2. The van der Waals surface area contributed by atoms with Crippen molar-refractivity contribution in [2.45, 2.75) is 38.6 Å². The minimum absolute atomic E-state index is 0.0733. The van der Waals surface area contributed by atoms with Crippen molar-refractivity contribution in [2.75, 3.05) is 5.75 Å². The Balaban J connectivity index is 1.49. The zero-order chi connectivity index (χ0) is 19.0. The number of amidine groups is 1. The molecule has 27 heavy (non-hydrogen) atoms. The molecule has 140 valence electrons. The molecule has 1 aromatic carbocycles. The third kappa shape index (κ3) is 3.67. The van der Waals surface area contributed by atoms with Crippen LogP contribution in [0.4, 0.5) is 0 Å². The van der Waals surface area contributed by atoms with Crippen molar-refractivity contribution in [3.05, 3.63) is 64.1 Å². The van der Waals surface area contributed by atoms with Crippen LogP contribution < -0.4 is 11.1 Å². The number of nitrogens with zero attached hydrogens (tertiary/aromatic N) is 1. The van der Waals surface area contributed by atoms with Gasteiger partial charge in [0.15, 0.2) is 5.17 Å². The first-order valence-corrected chi connectivity index (χ1v) is 10.2. The SMILES string of the molecule is Cc1cc2c([nH]1)CCC(NC(=O)c1ccc(C3(C)CCSC(N)=N3)cc1)=C2. The molecule has 0 spiro atoms. The number of aromatic nitrogens is 1. The largest absolute Gasteiger partial charge is 0.379 e. The Morgan fingerprint density at radius 1 is 1.30 bits per heavy atom. The number of allylic oxidation sites excluding steroid dienone is 1. The molecule has 0 saturated carbocycles. The molecule has 1 amide bonds. The number of fused-ring (bicyclic) bond motifs is 1. The van der Waals surface area contributed by atoms with E-state index in [1.807, 2.05) is 24.3 Å². The minimum Gasteiger partial charge on any atom is -0.379 e. The smallest absolute Gasteiger partial charge is 0.255 e. The van der Waals surface area contributed by atoms with Gasteiger partial charge < -0.3 is 16.0 Å². The minimum atomic E-state index is -0.307. The Kier molecular flexibility index (Phi) is 4.60. The van der Waals surface area contributed by atoms with Crippen molar-refractivity contribution in [1.82, 2.24) is 10.3 Å². The van der Waals surface area contributed by atoms with Crippen LogP contribution in [0.15, 0.2) is 41.0 Å². The van der Waals surface area contributed by atoms with Gasteiger partial charge in [-0.1, -0.05) is 23.9 Å². The molecule has 4 rings (SSSR count). The maximum atomic E-state index is 12.6. The number of nitrogens with two attached hydrogens (primary N) is 1. The Labute approximate surface area is 163 Å². The highest BCUT2D eigenvalue weighted by atomic mass is 32.2. The summed E-state index contributed by atoms with van der Waals surface area (Å²) in [5, 5.41) is 3.69. The fraction of sp³-hybridized carbons (Fsp3) is 0.333. The second-order valence-corrected chi connectivity index (χ2v) is 8.52. The van der Waals surface area contributed by atoms with Crippen molar-refractivity contribution in [2.24, 2.45) is 10.7 Å². The molecule has 1 unspecified atom stereocenters. The number of hydrogen-bond donors (Lipinski definition) is 3. The summed E-state index contributed by atoms with van der Waals surface area (Å²) in [7, 11) is 0. The topological polar surface area (TPSA) is 83.3 Å². The van der Waals surface area contributed by atoms with Crippen molar-refractivity contribution in [3.8, 4) is 0 Å². The highest BCUT2D eigenvalue weighted by Crippen LogP contribution is 2.35. The lowest BCUT2D eigenvalue weighted by Crippen LogP contribution is -2.29. The molecule has 5 nitrogen and oxygen atoms in total. The number of benzene rings is 1. The van der Waals surface area contributed by atoms with Crippen molar-refractivity contribution in [1.29, 1.82) is 0 Å². The quantitative estimate of drug-likeness (QED) is 0.759. The van der Waals surface area contributed by atoms with E-state index in [4.69, 9.17) is 5.73 Å². The van der Waals surface area contributed by atoms with Crippen molar-refractivity contribution >= 4 is 28.9 Å². The monoisotopic (exact) mass is 380 g/mol. The van der Waals surface area contributed by atoms with E-state index in [0.717, 1.165) is 42.0 Å². The second kappa shape index (κ2) is 6.93. The standard InChI is InChI=1S/C21H24N4OS/c1-13-11-15-12-17(7-8-18(15)23-13)24-19(26)14-3-5-16(6-4-14)21(2)9-10-27-20(22)25-21/h3-6,11-12,23H,7-10H2,1-2H3,(H2,22,25)(H,24,26). The highest BCUT2D eigenvalue weighted by Gasteiger charge is 2.29. The molecule has 1 atom stereocenters. The van der Waals surface area contributed by atoms with Crippen LogP contribution in [0.5, 0.6) is 0 Å². The first-order chi connectivity index (χ1) is 12.9. The van der Waals surface area contributed by atoms with Crippen LogP contribution in [0.2, 0.25) is 0 Å². The van der Waals surface area contributed by atoms with Gasteiger partial charge in [0.1, 0.15) is 0 Å². The van der Waals surface area contributed by atoms with Gasteiger partial charge in [0.2, 0.25) is 0 Å². The zero-order valence-electron chi connectivity index (χ0n) is 15.6. The molecular weight excluding hydrogens is 356 g/mol. The first kappa shape index (κ1) is 17.9. The Morgan fingerprint density at radius 2 is 2.07 bits per heavy atom. The molecule has 6 heteroatoms. The van der Waals surface area contributed by atoms with Crippen LogP contribution in [0.3, 0.4) is 0 Å². The Bertz CT molecular complexity index is 942. The summed E-state index contributed by atoms with van der Waals surface area (Å²) in [6.07, 6.45) is 4.76. The molecule has 0 fully saturated rings. The number of carbonyl (C=O) groups is 1. The molecule has 0 saturated heterocycles. The molecule has 0 bridgehead atoms. The fourth-order valence-electron chi connectivity index (χ4n) is 3.71. The molecule has 1 aliphatic heterocycles. The van der Waals surface area contributed by atoms with Gasteiger partial charge in [-0.15, -0.1) is 0 Å². The van der Waals surface area contributed by atoms with E-state index in [2.05, 4.69) is 41.3 Å². The molecule has 0 radical (unpaired) electrons. The average Bonchev–Trinajstić information content (AvgIpc) is 3.01. The van der Waals surface area contributed by atoms with E-state index in [9.17, 15) is 4.79 Å². The second-order valence-electron chi connectivity index (χ2n) is 7.41. The molecule has 1 aromatic heterocycles. The number of rotatable bonds is 3. The molecule has 2 heterocycles. The number of aliphatic imine (C=N–C) groups is 1. The first-order valence-electron chi connectivity index (χ1n) is 9.22. The summed E-state index contributed by atoms with van der Waals surface area (Å²) >= 11 is 1.59. The predicted molar refractivity (Wildman–Crippen MR) is 112 cm³/mol. The highest BCUT2D eigenvalue weighted by molar-refractivity contribution is 8.13. The molecule has 2 aliphatic rings. The van der Waals surface area contributed by atoms with E-state index in [0.29, 0.717) is 10.7 Å². The summed E-state index contributed by atoms with van der Waals surface area (Å²) in [6, 6.07) is 9.84. The summed E-state index contributed by atoms with van der Waals surface area (Å²) < 4.78 is 0. The number of amides is 1. The van der Waals surface area contributed by atoms with Gasteiger partial charge in [-0.2, -0.15) is 0 Å². The molecular formula is C21H24N4OS. The molecule has 2 aromatic rings. The van der Waals surface area contributed by atoms with Crippen LogP contribution in [-0.2, 0) is 12.0 Å². The lowest BCUT2D eigenvalue weighted by atomic mass is 9.89. The third-order valence-electron chi connectivity index (χ3n) is 5.28. The maximum absolute atomic E-state index is 12.6. The number of H-pyrrole nitrogens is 1. The van der Waals surface area contributed by atoms with Crippen molar-refractivity contribution in [3.63, 3.8) is 0 Å². The third-order valence-corrected chi connectivity index (χ3v) is 6.08. The van der Waals surface area contributed by atoms with E-state index < -0.39 is 0 Å². The van der Waals surface area contributed by atoms with E-state index >= 15 is 0 Å². The Morgan fingerprint density at radius 3 is 2.81 bits per heavy atom. The number of carbonyl (C=O) groups excluding carboxylic acids is 1. The molecule has 4 N–H and O–H groups in total. The Hall–Kier alpha value is -2.47. The normalized spacial score (nSPS) is 21.9. The summed E-state index contributed by atoms with van der Waals surface area (Å²) in [6.45, 7) is 4.15. The van der Waals surface area contributed by atoms with Crippen LogP contribution in [-0.4, -0.2) is 21.8 Å². The van der Waals surface area contributed by atoms with Gasteiger partial charge in [0.05, 0.1) is 5.54 Å². The molecule has 1 aliphatic carbocycles. The maximum Gasteiger partial charge on any atom is 0.255 e. The van der Waals surface area contributed by atoms with Gasteiger partial charge in [0, 0.05) is 28.4 Å². The number of aryl methyl sites for hydroxylation is 2. The lowest BCUT2D eigenvalue weighted by Gasteiger charge is -2.29. The number of aromatic amines is 1. The summed E-state index contributed by atoms with van der Waals surface area (Å²) in [4.78, 5) is 20.6. The lowest BCUT2D eigenvalue weighted by molar-refractivity contribution is 0.0965. The van der Waals surface area contributed by atoms with Crippen LogP contribution in [0.1, 0.15) is 52.6 Å². The van der Waals surface area contributed by atoms with Crippen LogP contribution in [0, 0.1) is 6.92 Å². The predicted octanol–water partition coefficient (Wildman–Crippen LogP) is 3.71. The van der Waals surface area contributed by atoms with Gasteiger partial charge >= 0.3 is 0 Å². The average molecular weight is 381 g/mol. The zero-order valence-corrected chi connectivity index (χ0v) is 16.5. The van der Waals surface area contributed by atoms with E-state index in [-0.39, 0.29) is 11.4 Å².